The van der Waals surface area contributed by atoms with E-state index < -0.39 is 0 Å². The standard InChI is InChI=1S/C18H28N2/c1-20(14-18-12-16-7-8-17(18)11-16)10-9-19-13-15-5-3-2-4-6-15/h2-6,16-19H,7-14H2,1H3. The van der Waals surface area contributed by atoms with Crippen LogP contribution >= 0.6 is 0 Å². The Morgan fingerprint density at radius 1 is 1.15 bits per heavy atom. The van der Waals surface area contributed by atoms with Crippen LogP contribution in [-0.2, 0) is 6.54 Å². The second-order valence-corrected chi connectivity index (χ2v) is 6.86. The highest BCUT2D eigenvalue weighted by molar-refractivity contribution is 5.14. The van der Waals surface area contributed by atoms with Gasteiger partial charge in [-0.25, -0.2) is 0 Å². The van der Waals surface area contributed by atoms with Gasteiger partial charge in [0.25, 0.3) is 0 Å². The molecule has 3 rings (SSSR count). The van der Waals surface area contributed by atoms with E-state index in [0.29, 0.717) is 0 Å². The SMILES string of the molecule is CN(CCNCc1ccccc1)CC1CC2CCC1C2. The zero-order valence-electron chi connectivity index (χ0n) is 12.7. The van der Waals surface area contributed by atoms with E-state index in [0.717, 1.165) is 30.8 Å². The Bertz CT molecular complexity index is 403. The van der Waals surface area contributed by atoms with Crippen LogP contribution in [-0.4, -0.2) is 31.6 Å². The average Bonchev–Trinajstić information content (AvgIpc) is 3.07. The highest BCUT2D eigenvalue weighted by Crippen LogP contribution is 2.48. The molecule has 0 radical (unpaired) electrons. The minimum absolute atomic E-state index is 0.989. The van der Waals surface area contributed by atoms with Crippen molar-refractivity contribution in [1.82, 2.24) is 10.2 Å². The summed E-state index contributed by atoms with van der Waals surface area (Å²) in [7, 11) is 2.29. The molecule has 2 saturated carbocycles. The van der Waals surface area contributed by atoms with Gasteiger partial charge in [-0.15, -0.1) is 0 Å². The molecular formula is C18H28N2. The summed E-state index contributed by atoms with van der Waals surface area (Å²) in [5.41, 5.74) is 1.38. The van der Waals surface area contributed by atoms with Crippen LogP contribution in [0.25, 0.3) is 0 Å². The zero-order valence-corrected chi connectivity index (χ0v) is 12.7. The fourth-order valence-corrected chi connectivity index (χ4v) is 4.19. The van der Waals surface area contributed by atoms with E-state index in [4.69, 9.17) is 0 Å². The third kappa shape index (κ3) is 3.62. The normalized spacial score (nSPS) is 28.4. The molecule has 0 saturated heterocycles. The summed E-state index contributed by atoms with van der Waals surface area (Å²) >= 11 is 0. The molecule has 0 aliphatic heterocycles. The minimum Gasteiger partial charge on any atom is -0.311 e. The molecule has 3 atom stereocenters. The smallest absolute Gasteiger partial charge is 0.0206 e. The summed E-state index contributed by atoms with van der Waals surface area (Å²) in [6, 6.07) is 10.7. The summed E-state index contributed by atoms with van der Waals surface area (Å²) in [5.74, 6) is 3.13. The van der Waals surface area contributed by atoms with Crippen LogP contribution in [0.15, 0.2) is 30.3 Å². The summed E-state index contributed by atoms with van der Waals surface area (Å²) in [6.45, 7) is 4.56. The fourth-order valence-electron chi connectivity index (χ4n) is 4.19. The predicted octanol–water partition coefficient (Wildman–Crippen LogP) is 3.14. The van der Waals surface area contributed by atoms with Crippen molar-refractivity contribution in [3.8, 4) is 0 Å². The molecule has 2 heteroatoms. The van der Waals surface area contributed by atoms with Crippen molar-refractivity contribution in [3.63, 3.8) is 0 Å². The maximum Gasteiger partial charge on any atom is 0.0206 e. The molecular weight excluding hydrogens is 244 g/mol. The Balaban J connectivity index is 1.30. The topological polar surface area (TPSA) is 15.3 Å². The van der Waals surface area contributed by atoms with Crippen molar-refractivity contribution in [1.29, 1.82) is 0 Å². The molecule has 2 aliphatic rings. The van der Waals surface area contributed by atoms with E-state index in [-0.39, 0.29) is 0 Å². The summed E-state index contributed by atoms with van der Waals surface area (Å²) in [4.78, 5) is 2.53. The number of fused-ring (bicyclic) bond motifs is 2. The third-order valence-electron chi connectivity index (χ3n) is 5.27. The predicted molar refractivity (Wildman–Crippen MR) is 84.6 cm³/mol. The molecule has 1 aromatic rings. The molecule has 2 fully saturated rings. The van der Waals surface area contributed by atoms with Gasteiger partial charge >= 0.3 is 0 Å². The van der Waals surface area contributed by atoms with Crippen LogP contribution < -0.4 is 5.32 Å². The van der Waals surface area contributed by atoms with Gasteiger partial charge in [0.15, 0.2) is 0 Å². The lowest BCUT2D eigenvalue weighted by atomic mass is 9.88. The van der Waals surface area contributed by atoms with Crippen molar-refractivity contribution >= 4 is 0 Å². The first-order chi connectivity index (χ1) is 9.81. The molecule has 0 spiro atoms. The first kappa shape index (κ1) is 14.1. The summed E-state index contributed by atoms with van der Waals surface area (Å²) < 4.78 is 0. The van der Waals surface area contributed by atoms with Crippen molar-refractivity contribution in [3.05, 3.63) is 35.9 Å². The van der Waals surface area contributed by atoms with Gasteiger partial charge in [0.1, 0.15) is 0 Å². The van der Waals surface area contributed by atoms with Gasteiger partial charge < -0.3 is 10.2 Å². The quantitative estimate of drug-likeness (QED) is 0.767. The Morgan fingerprint density at radius 3 is 2.70 bits per heavy atom. The molecule has 2 nitrogen and oxygen atoms in total. The maximum absolute atomic E-state index is 3.55. The molecule has 0 heterocycles. The van der Waals surface area contributed by atoms with Gasteiger partial charge in [0, 0.05) is 26.2 Å². The van der Waals surface area contributed by atoms with Crippen molar-refractivity contribution < 1.29 is 0 Å². The number of nitrogens with one attached hydrogen (secondary N) is 1. The van der Waals surface area contributed by atoms with Crippen LogP contribution in [0.2, 0.25) is 0 Å². The zero-order chi connectivity index (χ0) is 13.8. The highest BCUT2D eigenvalue weighted by atomic mass is 15.1. The van der Waals surface area contributed by atoms with Gasteiger partial charge in [-0.05, 0) is 49.6 Å². The van der Waals surface area contributed by atoms with Crippen LogP contribution in [0.4, 0.5) is 0 Å². The second kappa shape index (κ2) is 6.73. The maximum atomic E-state index is 3.55. The molecule has 2 bridgehead atoms. The van der Waals surface area contributed by atoms with Crippen LogP contribution in [0.1, 0.15) is 31.2 Å². The summed E-state index contributed by atoms with van der Waals surface area (Å²) in [6.07, 6.45) is 6.07. The first-order valence-electron chi connectivity index (χ1n) is 8.24. The lowest BCUT2D eigenvalue weighted by Crippen LogP contribution is -2.34. The van der Waals surface area contributed by atoms with E-state index in [1.165, 1.54) is 44.3 Å². The number of likely N-dealkylation sites (N-methyl/N-ethyl adjacent to an activating group) is 1. The number of hydrogen-bond acceptors (Lipinski definition) is 2. The van der Waals surface area contributed by atoms with Crippen molar-refractivity contribution in [2.75, 3.05) is 26.7 Å². The van der Waals surface area contributed by atoms with Crippen molar-refractivity contribution in [2.24, 2.45) is 17.8 Å². The van der Waals surface area contributed by atoms with Gasteiger partial charge in [0.05, 0.1) is 0 Å². The molecule has 1 aromatic carbocycles. The van der Waals surface area contributed by atoms with Crippen LogP contribution in [0.3, 0.4) is 0 Å². The minimum atomic E-state index is 0.989. The Kier molecular flexibility index (Phi) is 4.74. The average molecular weight is 272 g/mol. The number of benzene rings is 1. The lowest BCUT2D eigenvalue weighted by Gasteiger charge is -2.27. The van der Waals surface area contributed by atoms with Gasteiger partial charge in [-0.1, -0.05) is 36.8 Å². The van der Waals surface area contributed by atoms with E-state index in [1.807, 2.05) is 0 Å². The molecule has 20 heavy (non-hydrogen) atoms. The highest BCUT2D eigenvalue weighted by Gasteiger charge is 2.39. The van der Waals surface area contributed by atoms with E-state index in [2.05, 4.69) is 47.6 Å². The Morgan fingerprint density at radius 2 is 2.00 bits per heavy atom. The largest absolute Gasteiger partial charge is 0.311 e. The Labute approximate surface area is 123 Å². The third-order valence-corrected chi connectivity index (χ3v) is 5.27. The molecule has 2 aliphatic carbocycles. The molecule has 3 unspecified atom stereocenters. The first-order valence-corrected chi connectivity index (χ1v) is 8.24. The number of nitrogens with zero attached hydrogens (tertiary/aromatic N) is 1. The molecule has 0 aromatic heterocycles. The molecule has 1 N–H and O–H groups in total. The summed E-state index contributed by atoms with van der Waals surface area (Å²) in [5, 5.41) is 3.55. The number of rotatable bonds is 7. The van der Waals surface area contributed by atoms with E-state index >= 15 is 0 Å². The van der Waals surface area contributed by atoms with Gasteiger partial charge in [0.2, 0.25) is 0 Å². The second-order valence-electron chi connectivity index (χ2n) is 6.86. The van der Waals surface area contributed by atoms with Crippen molar-refractivity contribution in [2.45, 2.75) is 32.2 Å². The lowest BCUT2D eigenvalue weighted by molar-refractivity contribution is 0.220. The molecule has 0 amide bonds. The fraction of sp³-hybridized carbons (Fsp3) is 0.667. The van der Waals surface area contributed by atoms with Gasteiger partial charge in [-0.3, -0.25) is 0 Å². The van der Waals surface area contributed by atoms with Crippen LogP contribution in [0.5, 0.6) is 0 Å². The monoisotopic (exact) mass is 272 g/mol. The van der Waals surface area contributed by atoms with Gasteiger partial charge in [-0.2, -0.15) is 0 Å². The van der Waals surface area contributed by atoms with E-state index in [1.54, 1.807) is 0 Å². The van der Waals surface area contributed by atoms with E-state index in [9.17, 15) is 0 Å². The number of hydrogen-bond donors (Lipinski definition) is 1. The van der Waals surface area contributed by atoms with Crippen LogP contribution in [0, 0.1) is 17.8 Å². The Hall–Kier alpha value is -0.860. The molecule has 110 valence electrons.